The van der Waals surface area contributed by atoms with E-state index in [-0.39, 0.29) is 33.6 Å². The lowest BCUT2D eigenvalue weighted by molar-refractivity contribution is 0.00578. The quantitative estimate of drug-likeness (QED) is 0.152. The van der Waals surface area contributed by atoms with Crippen LogP contribution in [0.5, 0.6) is 0 Å². The van der Waals surface area contributed by atoms with Crippen LogP contribution in [0.2, 0.25) is 5.02 Å². The molecule has 12 heteroatoms. The van der Waals surface area contributed by atoms with E-state index >= 15 is 0 Å². The minimum Gasteiger partial charge on any atom is -0.455 e. The predicted octanol–water partition coefficient (Wildman–Crippen LogP) is 17.0. The first kappa shape index (κ1) is 53.6. The molecule has 0 N–H and O–H groups in total. The van der Waals surface area contributed by atoms with Gasteiger partial charge in [-0.25, -0.2) is 0 Å². The highest BCUT2D eigenvalue weighted by atomic mass is 35.5. The van der Waals surface area contributed by atoms with Crippen LogP contribution in [-0.4, -0.2) is 54.7 Å². The van der Waals surface area contributed by atoms with Crippen molar-refractivity contribution in [2.75, 3.05) is 0 Å². The van der Waals surface area contributed by atoms with Crippen molar-refractivity contribution >= 4 is 82.1 Å². The highest BCUT2D eigenvalue weighted by Gasteiger charge is 2.63. The summed E-state index contributed by atoms with van der Waals surface area (Å²) in [6.45, 7) is 24.5. The lowest BCUT2D eigenvalue weighted by atomic mass is 9.49. The van der Waals surface area contributed by atoms with Crippen LogP contribution in [0.15, 0.2) is 191 Å². The van der Waals surface area contributed by atoms with Crippen LogP contribution in [0.3, 0.4) is 0 Å². The highest BCUT2D eigenvalue weighted by molar-refractivity contribution is 7.11. The van der Waals surface area contributed by atoms with Crippen molar-refractivity contribution in [1.82, 2.24) is 0 Å². The van der Waals surface area contributed by atoms with Gasteiger partial charge in [-0.3, -0.25) is 0 Å². The van der Waals surface area contributed by atoms with Gasteiger partial charge in [0.2, 0.25) is 0 Å². The van der Waals surface area contributed by atoms with E-state index in [9.17, 15) is 0 Å². The molecule has 2 aromatic heterocycles. The molecule has 0 radical (unpaired) electrons. The zero-order chi connectivity index (χ0) is 55.0. The Balaban J connectivity index is 0.000000131. The first-order chi connectivity index (χ1) is 37.0. The second-order valence-corrected chi connectivity index (χ2v) is 24.1. The first-order valence-corrected chi connectivity index (χ1v) is 27.3. The zero-order valence-corrected chi connectivity index (χ0v) is 47.5. The first-order valence-electron chi connectivity index (χ1n) is 26.9. The van der Waals surface area contributed by atoms with Gasteiger partial charge in [0.15, 0.2) is 0 Å². The number of benzene rings is 8. The van der Waals surface area contributed by atoms with Crippen molar-refractivity contribution in [1.29, 1.82) is 0 Å². The van der Waals surface area contributed by atoms with Gasteiger partial charge < -0.3 is 36.8 Å². The molecular formula is C66H66B3ClO8. The second-order valence-electron chi connectivity index (χ2n) is 23.7. The molecule has 3 fully saturated rings. The minimum absolute atomic E-state index is 0.360. The number of hydrogen-bond donors (Lipinski definition) is 0. The van der Waals surface area contributed by atoms with E-state index in [0.29, 0.717) is 5.02 Å². The van der Waals surface area contributed by atoms with E-state index in [0.717, 1.165) is 77.2 Å². The zero-order valence-electron chi connectivity index (χ0n) is 46.7. The Labute approximate surface area is 464 Å². The van der Waals surface area contributed by atoms with Crippen molar-refractivity contribution in [3.63, 3.8) is 0 Å². The van der Waals surface area contributed by atoms with Crippen LogP contribution in [-0.2, 0) is 27.9 Å². The molecule has 5 heterocycles. The monoisotopic (exact) mass is 1050 g/mol. The summed E-state index contributed by atoms with van der Waals surface area (Å²) >= 11 is 6.25. The number of furan rings is 2. The summed E-state index contributed by atoms with van der Waals surface area (Å²) in [7, 11) is -1.36. The fraction of sp³-hybridized carbons (Fsp3) is 0.273. The molecule has 8 nitrogen and oxygen atoms in total. The summed E-state index contributed by atoms with van der Waals surface area (Å²) in [5.74, 6) is 0. The highest BCUT2D eigenvalue weighted by Crippen LogP contribution is 2.45. The van der Waals surface area contributed by atoms with Gasteiger partial charge in [-0.1, -0.05) is 145 Å². The van der Waals surface area contributed by atoms with Gasteiger partial charge in [0.05, 0.1) is 33.6 Å². The van der Waals surface area contributed by atoms with Gasteiger partial charge in [0, 0.05) is 37.7 Å². The SMILES string of the molecule is CC1(C)OB(B2OC(C)(C)C(C)(C)O2)OC1(C)C.CC1(C)OB(c2ccc3oc4c(-c5ccccc5)cc(-c5ccccc5)cc4c3c2)OC1(C)C.Clc1ccc2oc3c(-c4ccccc4)cc(-c4ccccc4)cc3c2c1. The van der Waals surface area contributed by atoms with E-state index in [1.165, 1.54) is 16.7 Å². The van der Waals surface area contributed by atoms with Gasteiger partial charge >= 0.3 is 21.1 Å². The van der Waals surface area contributed by atoms with E-state index in [4.69, 9.17) is 48.4 Å². The maximum atomic E-state index is 6.45. The third-order valence-corrected chi connectivity index (χ3v) is 17.0. The number of fused-ring (bicyclic) bond motifs is 6. The van der Waals surface area contributed by atoms with E-state index in [1.807, 2.05) is 110 Å². The summed E-state index contributed by atoms with van der Waals surface area (Å²) in [5, 5.41) is 5.00. The Morgan fingerprint density at radius 1 is 0.308 bits per heavy atom. The van der Waals surface area contributed by atoms with Gasteiger partial charge in [-0.15, -0.1) is 0 Å². The minimum atomic E-state index is -0.476. The van der Waals surface area contributed by atoms with Crippen LogP contribution < -0.4 is 5.46 Å². The molecule has 10 aromatic rings. The molecule has 13 rings (SSSR count). The molecule has 394 valence electrons. The molecule has 8 aromatic carbocycles. The van der Waals surface area contributed by atoms with Crippen LogP contribution in [0.25, 0.3) is 88.4 Å². The third-order valence-electron chi connectivity index (χ3n) is 16.8. The van der Waals surface area contributed by atoms with Crippen molar-refractivity contribution < 1.29 is 36.8 Å². The molecule has 78 heavy (non-hydrogen) atoms. The smallest absolute Gasteiger partial charge is 0.455 e. The van der Waals surface area contributed by atoms with E-state index < -0.39 is 21.1 Å². The molecule has 0 unspecified atom stereocenters. The summed E-state index contributed by atoms with van der Waals surface area (Å²) in [5.41, 5.74) is 11.4. The normalized spacial score (nSPS) is 18.6. The van der Waals surface area contributed by atoms with Crippen molar-refractivity contribution in [3.05, 3.63) is 187 Å². The molecule has 0 atom stereocenters. The summed E-state index contributed by atoms with van der Waals surface area (Å²) in [6.07, 6.45) is 0. The Bertz CT molecular complexity index is 3720. The summed E-state index contributed by atoms with van der Waals surface area (Å²) in [4.78, 5) is 0. The topological polar surface area (TPSA) is 81.7 Å². The lowest BCUT2D eigenvalue weighted by Crippen LogP contribution is -2.41. The maximum absolute atomic E-state index is 6.45. The average Bonchev–Trinajstić information content (AvgIpc) is 4.36. The molecule has 3 saturated heterocycles. The Hall–Kier alpha value is -6.40. The molecule has 3 aliphatic rings. The number of rotatable bonds is 6. The van der Waals surface area contributed by atoms with Crippen molar-refractivity contribution in [3.8, 4) is 44.5 Å². The molecule has 0 spiro atoms. The number of halogens is 1. The summed E-state index contributed by atoms with van der Waals surface area (Å²) < 4.78 is 49.2. The number of hydrogen-bond acceptors (Lipinski definition) is 8. The van der Waals surface area contributed by atoms with Crippen LogP contribution in [0.4, 0.5) is 0 Å². The van der Waals surface area contributed by atoms with Crippen LogP contribution in [0.1, 0.15) is 83.1 Å². The van der Waals surface area contributed by atoms with Crippen LogP contribution in [0, 0.1) is 0 Å². The average molecular weight is 1060 g/mol. The fourth-order valence-corrected chi connectivity index (χ4v) is 10.3. The molecule has 0 saturated carbocycles. The molecule has 0 bridgehead atoms. The molecule has 3 aliphatic heterocycles. The second kappa shape index (κ2) is 20.1. The third kappa shape index (κ3) is 10.0. The van der Waals surface area contributed by atoms with Gasteiger partial charge in [-0.2, -0.15) is 0 Å². The summed E-state index contributed by atoms with van der Waals surface area (Å²) in [6, 6.07) is 62.6. The van der Waals surface area contributed by atoms with Crippen LogP contribution >= 0.6 is 11.6 Å². The Kier molecular flexibility index (Phi) is 13.8. The van der Waals surface area contributed by atoms with Gasteiger partial charge in [-0.05, 0) is 170 Å². The molecule has 0 aliphatic carbocycles. The van der Waals surface area contributed by atoms with Gasteiger partial charge in [0.25, 0.3) is 0 Å². The van der Waals surface area contributed by atoms with E-state index in [1.54, 1.807) is 0 Å². The lowest BCUT2D eigenvalue weighted by Gasteiger charge is -2.32. The fourth-order valence-electron chi connectivity index (χ4n) is 10.1. The van der Waals surface area contributed by atoms with E-state index in [2.05, 4.69) is 155 Å². The van der Waals surface area contributed by atoms with Crippen molar-refractivity contribution in [2.24, 2.45) is 0 Å². The Morgan fingerprint density at radius 2 is 0.641 bits per heavy atom. The maximum Gasteiger partial charge on any atom is 0.494 e. The van der Waals surface area contributed by atoms with Gasteiger partial charge in [0.1, 0.15) is 22.3 Å². The largest absolute Gasteiger partial charge is 0.494 e. The standard InChI is InChI=1S/C30H27BO3.C24H15ClO.C12H24B2O4/c1-29(2)30(3,4)34-31(33-29)23-15-16-27-25(19-23)26-18-22(20-11-7-5-8-12-20)17-24(28(26)32-27)21-13-9-6-10-14-21;25-19-11-12-23-21(15-19)22-14-18(16-7-3-1-4-8-16)13-20(24(22)26-23)17-9-5-2-6-10-17;1-9(2)10(3,4)16-13(15-9)14-17-11(5,6)12(7,8)18-14/h5-19H,1-4H3;1-15H;1-8H3. The molecule has 0 amide bonds. The predicted molar refractivity (Wildman–Crippen MR) is 322 cm³/mol. The van der Waals surface area contributed by atoms with Crippen molar-refractivity contribution in [2.45, 2.75) is 117 Å². The Morgan fingerprint density at radius 3 is 1.03 bits per heavy atom. The molecular weight excluding hydrogens is 989 g/mol.